The van der Waals surface area contributed by atoms with Gasteiger partial charge in [0, 0.05) is 22.7 Å². The van der Waals surface area contributed by atoms with Gasteiger partial charge in [-0.25, -0.2) is 14.8 Å². The zero-order valence-corrected chi connectivity index (χ0v) is 15.7. The van der Waals surface area contributed by atoms with Crippen LogP contribution in [0.3, 0.4) is 0 Å². The molecule has 0 bridgehead atoms. The summed E-state index contributed by atoms with van der Waals surface area (Å²) >= 11 is 5.98. The Morgan fingerprint density at radius 3 is 2.64 bits per heavy atom. The molecule has 0 spiro atoms. The van der Waals surface area contributed by atoms with Crippen molar-refractivity contribution in [3.8, 4) is 28.4 Å². The molecule has 0 unspecified atom stereocenters. The third-order valence-electron chi connectivity index (χ3n) is 4.47. The summed E-state index contributed by atoms with van der Waals surface area (Å²) in [6.07, 6.45) is 0.617. The maximum atomic E-state index is 12.7. The molecule has 1 aromatic heterocycles. The number of halogens is 1. The highest BCUT2D eigenvalue weighted by Gasteiger charge is 2.22. The van der Waals surface area contributed by atoms with Crippen LogP contribution in [0, 0.1) is 0 Å². The normalized spacial score (nSPS) is 16.1. The van der Waals surface area contributed by atoms with E-state index in [2.05, 4.69) is 15.3 Å². The van der Waals surface area contributed by atoms with Crippen LogP contribution in [0.15, 0.2) is 54.6 Å². The monoisotopic (exact) mass is 395 g/mol. The number of carbonyl (C=O) groups is 1. The number of aromatic hydroxyl groups is 1. The van der Waals surface area contributed by atoms with Gasteiger partial charge in [0.15, 0.2) is 11.5 Å². The summed E-state index contributed by atoms with van der Waals surface area (Å²) in [6.45, 7) is 1.46. The number of ether oxygens (including phenoxy) is 1. The Morgan fingerprint density at radius 2 is 1.93 bits per heavy atom. The van der Waals surface area contributed by atoms with Gasteiger partial charge < -0.3 is 15.2 Å². The van der Waals surface area contributed by atoms with Crippen LogP contribution in [0.4, 0.5) is 0 Å². The van der Waals surface area contributed by atoms with E-state index >= 15 is 0 Å². The molecule has 6 nitrogen and oxygen atoms in total. The van der Waals surface area contributed by atoms with Crippen LogP contribution in [-0.4, -0.2) is 40.2 Å². The first-order valence-electron chi connectivity index (χ1n) is 8.94. The lowest BCUT2D eigenvalue weighted by molar-refractivity contribution is 0.0337. The first-order chi connectivity index (χ1) is 13.6. The number of nitrogens with one attached hydrogen (secondary N) is 1. The molecule has 1 aliphatic heterocycles. The van der Waals surface area contributed by atoms with E-state index in [0.29, 0.717) is 28.6 Å². The number of hydrogen-bond donors (Lipinski definition) is 2. The van der Waals surface area contributed by atoms with E-state index in [-0.39, 0.29) is 17.5 Å². The first-order valence-corrected chi connectivity index (χ1v) is 9.32. The Labute approximate surface area is 167 Å². The molecule has 1 atom stereocenters. The Kier molecular flexibility index (Phi) is 5.23. The lowest BCUT2D eigenvalue weighted by Crippen LogP contribution is -2.21. The fourth-order valence-electron chi connectivity index (χ4n) is 3.03. The van der Waals surface area contributed by atoms with E-state index in [1.54, 1.807) is 42.5 Å². The number of hydrogen-bond acceptors (Lipinski definition) is 6. The minimum absolute atomic E-state index is 0.0964. The number of benzene rings is 2. The largest absolute Gasteiger partial charge is 0.508 e. The fourth-order valence-corrected chi connectivity index (χ4v) is 3.16. The maximum absolute atomic E-state index is 12.7. The zero-order valence-electron chi connectivity index (χ0n) is 14.9. The number of phenols is 1. The van der Waals surface area contributed by atoms with Gasteiger partial charge in [-0.05, 0) is 43.3 Å². The summed E-state index contributed by atoms with van der Waals surface area (Å²) in [6, 6.07) is 15.4. The summed E-state index contributed by atoms with van der Waals surface area (Å²) in [5.41, 5.74) is 2.14. The first kappa shape index (κ1) is 18.4. The van der Waals surface area contributed by atoms with Crippen LogP contribution in [0.25, 0.3) is 22.6 Å². The Balaban J connectivity index is 1.76. The van der Waals surface area contributed by atoms with E-state index < -0.39 is 5.97 Å². The van der Waals surface area contributed by atoms with Gasteiger partial charge in [-0.3, -0.25) is 0 Å². The Morgan fingerprint density at radius 1 is 1.11 bits per heavy atom. The SMILES string of the molecule is O=C(O[C@H]1CCNC1)c1cc(-c2ccc(Cl)cc2)nc(-c2cccc(O)c2)n1. The zero-order chi connectivity index (χ0) is 19.5. The van der Waals surface area contributed by atoms with E-state index in [9.17, 15) is 9.90 Å². The van der Waals surface area contributed by atoms with E-state index in [0.717, 1.165) is 18.5 Å². The molecular weight excluding hydrogens is 378 g/mol. The molecule has 0 amide bonds. The summed E-state index contributed by atoms with van der Waals surface area (Å²) in [5, 5.41) is 13.6. The molecule has 0 aliphatic carbocycles. The van der Waals surface area contributed by atoms with Crippen LogP contribution in [-0.2, 0) is 4.74 Å². The van der Waals surface area contributed by atoms with Crippen molar-refractivity contribution in [1.29, 1.82) is 0 Å². The van der Waals surface area contributed by atoms with Crippen molar-refractivity contribution >= 4 is 17.6 Å². The maximum Gasteiger partial charge on any atom is 0.357 e. The van der Waals surface area contributed by atoms with E-state index in [1.165, 1.54) is 0 Å². The Bertz CT molecular complexity index is 1000. The number of rotatable bonds is 4. The van der Waals surface area contributed by atoms with Gasteiger partial charge in [0.2, 0.25) is 0 Å². The summed E-state index contributed by atoms with van der Waals surface area (Å²) in [7, 11) is 0. The minimum atomic E-state index is -0.493. The molecule has 1 saturated heterocycles. The molecule has 0 saturated carbocycles. The van der Waals surface area contributed by atoms with Gasteiger partial charge in [-0.2, -0.15) is 0 Å². The summed E-state index contributed by atoms with van der Waals surface area (Å²) in [4.78, 5) is 21.6. The molecule has 1 fully saturated rings. The van der Waals surface area contributed by atoms with Gasteiger partial charge >= 0.3 is 5.97 Å². The standard InChI is InChI=1S/C21H18ClN3O3/c22-15-6-4-13(5-7-15)18-11-19(21(27)28-17-8-9-23-12-17)25-20(24-18)14-2-1-3-16(26)10-14/h1-7,10-11,17,23,26H,8-9,12H2/t17-/m0/s1. The van der Waals surface area contributed by atoms with Crippen LogP contribution >= 0.6 is 11.6 Å². The number of phenolic OH excluding ortho intramolecular Hbond substituents is 1. The van der Waals surface area contributed by atoms with Crippen molar-refractivity contribution in [2.24, 2.45) is 0 Å². The summed E-state index contributed by atoms with van der Waals surface area (Å²) < 4.78 is 5.56. The lowest BCUT2D eigenvalue weighted by atomic mass is 10.1. The average Bonchev–Trinajstić information content (AvgIpc) is 3.21. The van der Waals surface area contributed by atoms with Crippen molar-refractivity contribution in [1.82, 2.24) is 15.3 Å². The van der Waals surface area contributed by atoms with Crippen LogP contribution in [0.1, 0.15) is 16.9 Å². The molecule has 2 heterocycles. The lowest BCUT2D eigenvalue weighted by Gasteiger charge is -2.12. The van der Waals surface area contributed by atoms with Crippen molar-refractivity contribution < 1.29 is 14.6 Å². The third-order valence-corrected chi connectivity index (χ3v) is 4.72. The Hall–Kier alpha value is -2.96. The molecule has 4 rings (SSSR count). The molecule has 28 heavy (non-hydrogen) atoms. The predicted octanol–water partition coefficient (Wildman–Crippen LogP) is 3.69. The molecule has 3 aromatic rings. The molecule has 2 aromatic carbocycles. The van der Waals surface area contributed by atoms with Gasteiger partial charge in [-0.1, -0.05) is 35.9 Å². The number of aromatic nitrogens is 2. The van der Waals surface area contributed by atoms with Gasteiger partial charge in [0.25, 0.3) is 0 Å². The summed E-state index contributed by atoms with van der Waals surface area (Å²) in [5.74, 6) is -0.0632. The number of esters is 1. The molecule has 2 N–H and O–H groups in total. The van der Waals surface area contributed by atoms with Crippen molar-refractivity contribution in [2.45, 2.75) is 12.5 Å². The second kappa shape index (κ2) is 7.96. The highest BCUT2D eigenvalue weighted by Crippen LogP contribution is 2.26. The molecule has 0 radical (unpaired) electrons. The molecular formula is C21H18ClN3O3. The van der Waals surface area contributed by atoms with Crippen molar-refractivity contribution in [3.05, 3.63) is 65.3 Å². The van der Waals surface area contributed by atoms with Gasteiger partial charge in [-0.15, -0.1) is 0 Å². The van der Waals surface area contributed by atoms with E-state index in [1.807, 2.05) is 12.1 Å². The van der Waals surface area contributed by atoms with Crippen molar-refractivity contribution in [3.63, 3.8) is 0 Å². The highest BCUT2D eigenvalue weighted by atomic mass is 35.5. The molecule has 142 valence electrons. The van der Waals surface area contributed by atoms with Crippen LogP contribution < -0.4 is 5.32 Å². The molecule has 7 heteroatoms. The van der Waals surface area contributed by atoms with Gasteiger partial charge in [0.1, 0.15) is 11.9 Å². The van der Waals surface area contributed by atoms with Crippen molar-refractivity contribution in [2.75, 3.05) is 13.1 Å². The second-order valence-corrected chi connectivity index (χ2v) is 6.98. The average molecular weight is 396 g/mol. The van der Waals surface area contributed by atoms with Crippen LogP contribution in [0.2, 0.25) is 5.02 Å². The third kappa shape index (κ3) is 4.13. The highest BCUT2D eigenvalue weighted by molar-refractivity contribution is 6.30. The van der Waals surface area contributed by atoms with Crippen LogP contribution in [0.5, 0.6) is 5.75 Å². The number of carbonyl (C=O) groups excluding carboxylic acids is 1. The topological polar surface area (TPSA) is 84.3 Å². The second-order valence-electron chi connectivity index (χ2n) is 6.54. The molecule has 1 aliphatic rings. The van der Waals surface area contributed by atoms with Gasteiger partial charge in [0.05, 0.1) is 5.69 Å². The quantitative estimate of drug-likeness (QED) is 0.655. The fraction of sp³-hybridized carbons (Fsp3) is 0.190. The smallest absolute Gasteiger partial charge is 0.357 e. The van der Waals surface area contributed by atoms with E-state index in [4.69, 9.17) is 16.3 Å². The minimum Gasteiger partial charge on any atom is -0.508 e. The predicted molar refractivity (Wildman–Crippen MR) is 106 cm³/mol. The number of nitrogens with zero attached hydrogens (tertiary/aromatic N) is 2.